The van der Waals surface area contributed by atoms with Crippen LogP contribution in [0.3, 0.4) is 0 Å². The Balaban J connectivity index is 1.91. The number of benzene rings is 3. The molecule has 0 fully saturated rings. The number of nitrogens with zero attached hydrogens (tertiary/aromatic N) is 1. The van der Waals surface area contributed by atoms with Crippen molar-refractivity contribution in [3.63, 3.8) is 0 Å². The lowest BCUT2D eigenvalue weighted by molar-refractivity contribution is 1.41. The molecule has 0 N–H and O–H groups in total. The number of fused-ring (bicyclic) bond motifs is 2. The largest absolute Gasteiger partial charge is 0.256 e. The summed E-state index contributed by atoms with van der Waals surface area (Å²) in [7, 11) is 0. The van der Waals surface area contributed by atoms with Crippen molar-refractivity contribution in [3.05, 3.63) is 79.0 Å². The van der Waals surface area contributed by atoms with Crippen LogP contribution in [0.1, 0.15) is 0 Å². The molecule has 0 aliphatic carbocycles. The molecule has 0 unspecified atom stereocenters. The van der Waals surface area contributed by atoms with E-state index in [1.165, 1.54) is 27.3 Å². The van der Waals surface area contributed by atoms with Crippen LogP contribution in [0.2, 0.25) is 0 Å². The molecule has 0 aliphatic rings. The van der Waals surface area contributed by atoms with Gasteiger partial charge < -0.3 is 0 Å². The van der Waals surface area contributed by atoms with E-state index in [-0.39, 0.29) is 0 Å². The van der Waals surface area contributed by atoms with E-state index < -0.39 is 0 Å². The van der Waals surface area contributed by atoms with Crippen LogP contribution >= 0.6 is 0 Å². The van der Waals surface area contributed by atoms with Gasteiger partial charge in [-0.2, -0.15) is 0 Å². The Kier molecular flexibility index (Phi) is 2.49. The fourth-order valence-corrected chi connectivity index (χ4v) is 2.62. The van der Waals surface area contributed by atoms with Gasteiger partial charge in [-0.1, -0.05) is 48.5 Å². The monoisotopic (exact) mass is 255 g/mol. The van der Waals surface area contributed by atoms with Crippen molar-refractivity contribution in [2.75, 3.05) is 0 Å². The number of rotatable bonds is 1. The second-order valence-electron chi connectivity index (χ2n) is 4.97. The third-order valence-electron chi connectivity index (χ3n) is 3.69. The summed E-state index contributed by atoms with van der Waals surface area (Å²) in [5.41, 5.74) is 3.52. The molecule has 1 heteroatoms. The van der Waals surface area contributed by atoms with Crippen LogP contribution < -0.4 is 0 Å². The van der Waals surface area contributed by atoms with Crippen LogP contribution in [0, 0.1) is 0 Å². The van der Waals surface area contributed by atoms with Gasteiger partial charge in [-0.15, -0.1) is 0 Å². The minimum absolute atomic E-state index is 1.04. The summed E-state index contributed by atoms with van der Waals surface area (Å²) in [5.74, 6) is 0. The zero-order valence-corrected chi connectivity index (χ0v) is 11.0. The Labute approximate surface area is 117 Å². The van der Waals surface area contributed by atoms with E-state index in [9.17, 15) is 0 Å². The summed E-state index contributed by atoms with van der Waals surface area (Å²) < 4.78 is 0. The molecular weight excluding hydrogens is 242 g/mol. The van der Waals surface area contributed by atoms with E-state index in [2.05, 4.69) is 71.7 Å². The second kappa shape index (κ2) is 4.46. The van der Waals surface area contributed by atoms with Crippen molar-refractivity contribution in [2.24, 2.45) is 0 Å². The van der Waals surface area contributed by atoms with Gasteiger partial charge in [0.1, 0.15) is 0 Å². The van der Waals surface area contributed by atoms with Crippen LogP contribution in [0.25, 0.3) is 32.8 Å². The smallest absolute Gasteiger partial charge is 0.0702 e. The zero-order chi connectivity index (χ0) is 13.4. The molecule has 0 aliphatic heterocycles. The van der Waals surface area contributed by atoms with Gasteiger partial charge in [0.05, 0.1) is 5.52 Å². The summed E-state index contributed by atoms with van der Waals surface area (Å²) in [4.78, 5) is 4.37. The molecule has 1 nitrogen and oxygen atoms in total. The highest BCUT2D eigenvalue weighted by atomic mass is 14.6. The molecule has 4 rings (SSSR count). The fourth-order valence-electron chi connectivity index (χ4n) is 2.62. The molecule has 0 radical (unpaired) electrons. The number of aromatic nitrogens is 1. The van der Waals surface area contributed by atoms with E-state index in [1.807, 2.05) is 12.3 Å². The summed E-state index contributed by atoms with van der Waals surface area (Å²) in [6.07, 6.45) is 1.83. The van der Waals surface area contributed by atoms with E-state index in [0.29, 0.717) is 0 Å². The number of hydrogen-bond donors (Lipinski definition) is 0. The Morgan fingerprint density at radius 1 is 0.550 bits per heavy atom. The van der Waals surface area contributed by atoms with Crippen molar-refractivity contribution in [1.29, 1.82) is 0 Å². The van der Waals surface area contributed by atoms with Gasteiger partial charge >= 0.3 is 0 Å². The van der Waals surface area contributed by atoms with Gasteiger partial charge in [0.25, 0.3) is 0 Å². The Bertz CT molecular complexity index is 832. The molecule has 94 valence electrons. The summed E-state index contributed by atoms with van der Waals surface area (Å²) in [6.45, 7) is 0. The van der Waals surface area contributed by atoms with Crippen LogP contribution in [0.4, 0.5) is 0 Å². The van der Waals surface area contributed by atoms with E-state index >= 15 is 0 Å². The van der Waals surface area contributed by atoms with E-state index in [1.54, 1.807) is 0 Å². The Hall–Kier alpha value is -2.67. The fraction of sp³-hybridized carbons (Fsp3) is 0. The third kappa shape index (κ3) is 1.84. The highest BCUT2D eigenvalue weighted by Crippen LogP contribution is 2.26. The predicted molar refractivity (Wildman–Crippen MR) is 84.7 cm³/mol. The molecule has 0 saturated heterocycles. The average molecular weight is 255 g/mol. The van der Waals surface area contributed by atoms with Gasteiger partial charge in [0.2, 0.25) is 0 Å². The maximum absolute atomic E-state index is 4.37. The van der Waals surface area contributed by atoms with Gasteiger partial charge in [-0.25, -0.2) is 0 Å². The van der Waals surface area contributed by atoms with Gasteiger partial charge in [0, 0.05) is 11.6 Å². The predicted octanol–water partition coefficient (Wildman–Crippen LogP) is 5.06. The van der Waals surface area contributed by atoms with Gasteiger partial charge in [-0.05, 0) is 46.2 Å². The quantitative estimate of drug-likeness (QED) is 0.463. The van der Waals surface area contributed by atoms with Gasteiger partial charge in [0.15, 0.2) is 0 Å². The molecule has 1 aromatic heterocycles. The topological polar surface area (TPSA) is 12.9 Å². The number of hydrogen-bond acceptors (Lipinski definition) is 1. The molecule has 4 aromatic rings. The van der Waals surface area contributed by atoms with Crippen molar-refractivity contribution in [2.45, 2.75) is 0 Å². The summed E-state index contributed by atoms with van der Waals surface area (Å²) in [5, 5.41) is 3.73. The van der Waals surface area contributed by atoms with Crippen LogP contribution in [-0.2, 0) is 0 Å². The highest BCUT2D eigenvalue weighted by Gasteiger charge is 2.01. The Morgan fingerprint density at radius 3 is 2.15 bits per heavy atom. The minimum atomic E-state index is 1.04. The van der Waals surface area contributed by atoms with Crippen molar-refractivity contribution < 1.29 is 0 Å². The van der Waals surface area contributed by atoms with Gasteiger partial charge in [-0.3, -0.25) is 4.98 Å². The SMILES string of the molecule is c1ccc2cc(-c3ccc4ncccc4c3)ccc2c1. The maximum Gasteiger partial charge on any atom is 0.0702 e. The summed E-state index contributed by atoms with van der Waals surface area (Å²) >= 11 is 0. The molecule has 0 amide bonds. The molecule has 0 spiro atoms. The first kappa shape index (κ1) is 11.2. The minimum Gasteiger partial charge on any atom is -0.256 e. The zero-order valence-electron chi connectivity index (χ0n) is 11.0. The lowest BCUT2D eigenvalue weighted by Crippen LogP contribution is -1.81. The first-order chi connectivity index (χ1) is 9.90. The Morgan fingerprint density at radius 2 is 1.25 bits per heavy atom. The van der Waals surface area contributed by atoms with Crippen LogP contribution in [-0.4, -0.2) is 4.98 Å². The van der Waals surface area contributed by atoms with E-state index in [4.69, 9.17) is 0 Å². The lowest BCUT2D eigenvalue weighted by Gasteiger charge is -2.05. The normalized spacial score (nSPS) is 11.0. The first-order valence-corrected chi connectivity index (χ1v) is 6.74. The molecule has 20 heavy (non-hydrogen) atoms. The van der Waals surface area contributed by atoms with Crippen molar-refractivity contribution in [3.8, 4) is 11.1 Å². The highest BCUT2D eigenvalue weighted by molar-refractivity contribution is 5.90. The van der Waals surface area contributed by atoms with Crippen LogP contribution in [0.15, 0.2) is 79.0 Å². The van der Waals surface area contributed by atoms with Crippen molar-refractivity contribution >= 4 is 21.7 Å². The van der Waals surface area contributed by atoms with E-state index in [0.717, 1.165) is 5.52 Å². The maximum atomic E-state index is 4.37. The second-order valence-corrected chi connectivity index (χ2v) is 4.97. The van der Waals surface area contributed by atoms with Crippen molar-refractivity contribution in [1.82, 2.24) is 4.98 Å². The molecule has 0 saturated carbocycles. The average Bonchev–Trinajstić information content (AvgIpc) is 2.54. The molecule has 1 heterocycles. The first-order valence-electron chi connectivity index (χ1n) is 6.74. The number of pyridine rings is 1. The third-order valence-corrected chi connectivity index (χ3v) is 3.69. The molecule has 3 aromatic carbocycles. The summed E-state index contributed by atoms with van der Waals surface area (Å²) in [6, 6.07) is 25.6. The molecule has 0 bridgehead atoms. The standard InChI is InChI=1S/C19H13N/c1-2-5-15-12-16(8-7-14(15)4-1)17-9-10-19-18(13-17)6-3-11-20-19/h1-13H. The molecular formula is C19H13N. The lowest BCUT2D eigenvalue weighted by atomic mass is 10.00. The molecule has 0 atom stereocenters. The van der Waals surface area contributed by atoms with Crippen LogP contribution in [0.5, 0.6) is 0 Å².